The van der Waals surface area contributed by atoms with Gasteiger partial charge in [-0.25, -0.2) is 0 Å². The Labute approximate surface area is 110 Å². The first kappa shape index (κ1) is 14.4. The second-order valence-electron chi connectivity index (χ2n) is 4.80. The highest BCUT2D eigenvalue weighted by atomic mass is 15.1. The molecule has 0 aliphatic carbocycles. The molecule has 1 aromatic rings. The van der Waals surface area contributed by atoms with Crippen molar-refractivity contribution in [3.05, 3.63) is 30.3 Å². The van der Waals surface area contributed by atoms with E-state index in [4.69, 9.17) is 5.73 Å². The van der Waals surface area contributed by atoms with Gasteiger partial charge in [0.25, 0.3) is 0 Å². The van der Waals surface area contributed by atoms with Crippen molar-refractivity contribution < 1.29 is 0 Å². The van der Waals surface area contributed by atoms with Crippen molar-refractivity contribution in [2.75, 3.05) is 31.6 Å². The number of nitrogens with one attached hydrogen (secondary N) is 1. The molecule has 0 unspecified atom stereocenters. The third-order valence-electron chi connectivity index (χ3n) is 2.58. The number of hydrogen-bond acceptors (Lipinski definition) is 2. The summed E-state index contributed by atoms with van der Waals surface area (Å²) in [6, 6.07) is 10.3. The lowest BCUT2D eigenvalue weighted by atomic mass is 10.2. The minimum atomic E-state index is 0.533. The number of nitrogens with two attached hydrogens (primary N) is 1. The van der Waals surface area contributed by atoms with Gasteiger partial charge in [-0.1, -0.05) is 32.0 Å². The number of rotatable bonds is 6. The van der Waals surface area contributed by atoms with E-state index in [1.165, 1.54) is 5.69 Å². The van der Waals surface area contributed by atoms with Gasteiger partial charge in [0.2, 0.25) is 0 Å². The number of aliphatic imine (C=N–C) groups is 1. The first-order chi connectivity index (χ1) is 8.59. The second-order valence-corrected chi connectivity index (χ2v) is 4.80. The summed E-state index contributed by atoms with van der Waals surface area (Å²) in [6.45, 7) is 6.70. The van der Waals surface area contributed by atoms with Gasteiger partial charge in [-0.15, -0.1) is 0 Å². The van der Waals surface area contributed by atoms with Crippen LogP contribution in [0.15, 0.2) is 35.3 Å². The summed E-state index contributed by atoms with van der Waals surface area (Å²) >= 11 is 0. The largest absolute Gasteiger partial charge is 0.373 e. The van der Waals surface area contributed by atoms with Crippen LogP contribution in [0.25, 0.3) is 0 Å². The fraction of sp³-hybridized carbons (Fsp3) is 0.500. The van der Waals surface area contributed by atoms with Gasteiger partial charge in [-0.3, -0.25) is 4.99 Å². The number of nitrogens with zero attached hydrogens (tertiary/aromatic N) is 2. The molecule has 4 heteroatoms. The van der Waals surface area contributed by atoms with Gasteiger partial charge < -0.3 is 16.0 Å². The Morgan fingerprint density at radius 1 is 1.33 bits per heavy atom. The standard InChI is InChI=1S/C14H24N4/c1-12(2)11-17-14(15)16-9-10-18(3)13-7-5-4-6-8-13/h4-8,12H,9-11H2,1-3H3,(H3,15,16,17). The maximum absolute atomic E-state index is 5.77. The first-order valence-electron chi connectivity index (χ1n) is 6.39. The van der Waals surface area contributed by atoms with Crippen LogP contribution >= 0.6 is 0 Å². The molecule has 0 aromatic heterocycles. The molecule has 0 heterocycles. The van der Waals surface area contributed by atoms with E-state index in [1.807, 2.05) is 18.2 Å². The van der Waals surface area contributed by atoms with Crippen LogP contribution < -0.4 is 16.0 Å². The van der Waals surface area contributed by atoms with Crippen LogP contribution in [-0.4, -0.2) is 32.6 Å². The molecule has 4 nitrogen and oxygen atoms in total. The molecule has 0 aliphatic heterocycles. The van der Waals surface area contributed by atoms with Gasteiger partial charge in [0.15, 0.2) is 5.96 Å². The highest BCUT2D eigenvalue weighted by Crippen LogP contribution is 2.09. The van der Waals surface area contributed by atoms with E-state index in [2.05, 4.69) is 48.2 Å². The Morgan fingerprint density at radius 2 is 2.00 bits per heavy atom. The lowest BCUT2D eigenvalue weighted by Crippen LogP contribution is -2.37. The molecule has 0 spiro atoms. The minimum absolute atomic E-state index is 0.533. The second kappa shape index (κ2) is 7.58. The molecule has 0 bridgehead atoms. The monoisotopic (exact) mass is 248 g/mol. The van der Waals surface area contributed by atoms with E-state index in [-0.39, 0.29) is 0 Å². The average molecular weight is 248 g/mol. The molecule has 0 amide bonds. The molecule has 0 saturated carbocycles. The van der Waals surface area contributed by atoms with E-state index in [9.17, 15) is 0 Å². The Hall–Kier alpha value is -1.71. The number of benzene rings is 1. The lowest BCUT2D eigenvalue weighted by molar-refractivity contribution is 0.661. The van der Waals surface area contributed by atoms with Crippen molar-refractivity contribution in [1.29, 1.82) is 0 Å². The SMILES string of the molecule is CC(C)CN=C(N)NCCN(C)c1ccccc1. The van der Waals surface area contributed by atoms with Gasteiger partial charge in [0, 0.05) is 32.4 Å². The van der Waals surface area contributed by atoms with Gasteiger partial charge in [0.1, 0.15) is 0 Å². The maximum Gasteiger partial charge on any atom is 0.188 e. The molecule has 0 aliphatic rings. The molecule has 18 heavy (non-hydrogen) atoms. The summed E-state index contributed by atoms with van der Waals surface area (Å²) in [5.74, 6) is 1.07. The summed E-state index contributed by atoms with van der Waals surface area (Å²) in [6.07, 6.45) is 0. The zero-order valence-electron chi connectivity index (χ0n) is 11.6. The number of likely N-dealkylation sites (N-methyl/N-ethyl adjacent to an activating group) is 1. The molecule has 0 saturated heterocycles. The number of anilines is 1. The molecule has 1 rings (SSSR count). The normalized spacial score (nSPS) is 11.7. The Bertz CT molecular complexity index is 359. The fourth-order valence-electron chi connectivity index (χ4n) is 1.50. The molecular weight excluding hydrogens is 224 g/mol. The number of hydrogen-bond donors (Lipinski definition) is 2. The first-order valence-corrected chi connectivity index (χ1v) is 6.39. The van der Waals surface area contributed by atoms with Crippen LogP contribution in [0.1, 0.15) is 13.8 Å². The van der Waals surface area contributed by atoms with E-state index in [0.717, 1.165) is 19.6 Å². The highest BCUT2D eigenvalue weighted by Gasteiger charge is 1.99. The minimum Gasteiger partial charge on any atom is -0.373 e. The van der Waals surface area contributed by atoms with Crippen molar-refractivity contribution in [3.63, 3.8) is 0 Å². The van der Waals surface area contributed by atoms with E-state index >= 15 is 0 Å². The van der Waals surface area contributed by atoms with Crippen molar-refractivity contribution in [3.8, 4) is 0 Å². The van der Waals surface area contributed by atoms with Crippen LogP contribution in [0.5, 0.6) is 0 Å². The average Bonchev–Trinajstić information content (AvgIpc) is 2.37. The highest BCUT2D eigenvalue weighted by molar-refractivity contribution is 5.77. The summed E-state index contributed by atoms with van der Waals surface area (Å²) < 4.78 is 0. The predicted molar refractivity (Wildman–Crippen MR) is 79.0 cm³/mol. The van der Waals surface area contributed by atoms with Crippen molar-refractivity contribution in [1.82, 2.24) is 5.32 Å². The third-order valence-corrected chi connectivity index (χ3v) is 2.58. The number of guanidine groups is 1. The van der Waals surface area contributed by atoms with Crippen LogP contribution in [0, 0.1) is 5.92 Å². The maximum atomic E-state index is 5.77. The molecule has 0 fully saturated rings. The van der Waals surface area contributed by atoms with Crippen molar-refractivity contribution in [2.24, 2.45) is 16.6 Å². The number of para-hydroxylation sites is 1. The van der Waals surface area contributed by atoms with Gasteiger partial charge in [-0.2, -0.15) is 0 Å². The smallest absolute Gasteiger partial charge is 0.188 e. The fourth-order valence-corrected chi connectivity index (χ4v) is 1.50. The van der Waals surface area contributed by atoms with Crippen LogP contribution in [0.3, 0.4) is 0 Å². The Kier molecular flexibility index (Phi) is 6.05. The molecule has 0 radical (unpaired) electrons. The van der Waals surface area contributed by atoms with Crippen LogP contribution in [-0.2, 0) is 0 Å². The van der Waals surface area contributed by atoms with Gasteiger partial charge in [-0.05, 0) is 18.1 Å². The lowest BCUT2D eigenvalue weighted by Gasteiger charge is -2.19. The topological polar surface area (TPSA) is 53.6 Å². The van der Waals surface area contributed by atoms with Gasteiger partial charge in [0.05, 0.1) is 0 Å². The molecule has 3 N–H and O–H groups in total. The third kappa shape index (κ3) is 5.57. The quantitative estimate of drug-likeness (QED) is 0.595. The zero-order chi connectivity index (χ0) is 13.4. The predicted octanol–water partition coefficient (Wildman–Crippen LogP) is 1.68. The van der Waals surface area contributed by atoms with Gasteiger partial charge >= 0.3 is 0 Å². The summed E-state index contributed by atoms with van der Waals surface area (Å²) in [5.41, 5.74) is 6.97. The van der Waals surface area contributed by atoms with Crippen molar-refractivity contribution >= 4 is 11.6 Å². The molecule has 100 valence electrons. The molecule has 0 atom stereocenters. The van der Waals surface area contributed by atoms with Crippen molar-refractivity contribution in [2.45, 2.75) is 13.8 Å². The Morgan fingerprint density at radius 3 is 2.61 bits per heavy atom. The van der Waals surface area contributed by atoms with Crippen LogP contribution in [0.2, 0.25) is 0 Å². The summed E-state index contributed by atoms with van der Waals surface area (Å²) in [5, 5.41) is 3.12. The van der Waals surface area contributed by atoms with Crippen LogP contribution in [0.4, 0.5) is 5.69 Å². The Balaban J connectivity index is 2.27. The van der Waals surface area contributed by atoms with E-state index in [1.54, 1.807) is 0 Å². The van der Waals surface area contributed by atoms with E-state index < -0.39 is 0 Å². The molecular formula is C14H24N4. The zero-order valence-corrected chi connectivity index (χ0v) is 11.6. The summed E-state index contributed by atoms with van der Waals surface area (Å²) in [7, 11) is 2.07. The van der Waals surface area contributed by atoms with E-state index in [0.29, 0.717) is 11.9 Å². The summed E-state index contributed by atoms with van der Waals surface area (Å²) in [4.78, 5) is 6.44. The molecule has 1 aromatic carbocycles.